The predicted octanol–water partition coefficient (Wildman–Crippen LogP) is 6.01. The molecule has 28 heavy (non-hydrogen) atoms. The summed E-state index contributed by atoms with van der Waals surface area (Å²) < 4.78 is 0.714. The quantitative estimate of drug-likeness (QED) is 0.553. The number of rotatable bonds is 3. The van der Waals surface area contributed by atoms with Gasteiger partial charge >= 0.3 is 0 Å². The van der Waals surface area contributed by atoms with Crippen molar-refractivity contribution in [3.63, 3.8) is 0 Å². The summed E-state index contributed by atoms with van der Waals surface area (Å²) in [6, 6.07) is 10.8. The number of amides is 2. The first-order valence-electron chi connectivity index (χ1n) is 9.08. The smallest absolute Gasteiger partial charge is 0.258 e. The van der Waals surface area contributed by atoms with Gasteiger partial charge in [-0.05, 0) is 68.0 Å². The maximum absolute atomic E-state index is 13.1. The standard InChI is InChI=1S/C21H19ClN2O2S2/c1-13-16(9-11-27-13)20(25)23-15-7-5-14(6-8-15)21(26)24-10-3-2-4-18-17(24)12-19(22)28-18/h5-9,11-12H,2-4,10H2,1H3,(H,23,25). The van der Waals surface area contributed by atoms with Crippen LogP contribution in [-0.2, 0) is 6.42 Å². The molecule has 0 bridgehead atoms. The third-order valence-electron chi connectivity index (χ3n) is 4.82. The molecule has 1 N–H and O–H groups in total. The van der Waals surface area contributed by atoms with Gasteiger partial charge in [-0.3, -0.25) is 9.59 Å². The van der Waals surface area contributed by atoms with Crippen LogP contribution in [0.4, 0.5) is 11.4 Å². The highest BCUT2D eigenvalue weighted by molar-refractivity contribution is 7.16. The van der Waals surface area contributed by atoms with Gasteiger partial charge in [-0.15, -0.1) is 22.7 Å². The summed E-state index contributed by atoms with van der Waals surface area (Å²) in [6.07, 6.45) is 2.99. The number of nitrogens with one attached hydrogen (secondary N) is 1. The summed E-state index contributed by atoms with van der Waals surface area (Å²) in [5.74, 6) is -0.174. The van der Waals surface area contributed by atoms with E-state index < -0.39 is 0 Å². The van der Waals surface area contributed by atoms with Gasteiger partial charge in [-0.1, -0.05) is 11.6 Å². The molecule has 0 radical (unpaired) electrons. The molecule has 0 saturated carbocycles. The van der Waals surface area contributed by atoms with Crippen LogP contribution in [0.15, 0.2) is 41.8 Å². The molecular formula is C21H19ClN2O2S2. The van der Waals surface area contributed by atoms with Crippen LogP contribution in [-0.4, -0.2) is 18.4 Å². The van der Waals surface area contributed by atoms with E-state index in [1.807, 2.05) is 29.3 Å². The number of benzene rings is 1. The summed E-state index contributed by atoms with van der Waals surface area (Å²) in [5, 5.41) is 4.79. The van der Waals surface area contributed by atoms with Gasteiger partial charge in [0.2, 0.25) is 0 Å². The zero-order valence-corrected chi connectivity index (χ0v) is 17.7. The molecule has 0 atom stereocenters. The Hall–Kier alpha value is -2.15. The Balaban J connectivity index is 1.51. The lowest BCUT2D eigenvalue weighted by atomic mass is 10.1. The van der Waals surface area contributed by atoms with Gasteiger partial charge in [-0.2, -0.15) is 0 Å². The lowest BCUT2D eigenvalue weighted by Crippen LogP contribution is -2.31. The normalized spacial score (nSPS) is 13.7. The van der Waals surface area contributed by atoms with E-state index in [1.165, 1.54) is 4.88 Å². The number of fused-ring (bicyclic) bond motifs is 1. The summed E-state index contributed by atoms with van der Waals surface area (Å²) in [5.41, 5.74) is 2.88. The number of hydrogen-bond donors (Lipinski definition) is 1. The third-order valence-corrected chi connectivity index (χ3v) is 6.98. The van der Waals surface area contributed by atoms with Gasteiger partial charge in [-0.25, -0.2) is 0 Å². The first kappa shape index (κ1) is 19.2. The van der Waals surface area contributed by atoms with Crippen LogP contribution in [0.2, 0.25) is 4.34 Å². The van der Waals surface area contributed by atoms with E-state index in [2.05, 4.69) is 5.32 Å². The van der Waals surface area contributed by atoms with E-state index in [0.717, 1.165) is 29.8 Å². The van der Waals surface area contributed by atoms with Crippen LogP contribution in [0, 0.1) is 6.92 Å². The molecule has 0 saturated heterocycles. The van der Waals surface area contributed by atoms with E-state index in [1.54, 1.807) is 46.9 Å². The minimum absolute atomic E-state index is 0.0378. The lowest BCUT2D eigenvalue weighted by molar-refractivity contribution is 0.0986. The Morgan fingerprint density at radius 3 is 2.64 bits per heavy atom. The van der Waals surface area contributed by atoms with Gasteiger partial charge in [0.1, 0.15) is 0 Å². The summed E-state index contributed by atoms with van der Waals surface area (Å²) in [6.45, 7) is 2.61. The van der Waals surface area contributed by atoms with Gasteiger partial charge in [0, 0.05) is 27.5 Å². The van der Waals surface area contributed by atoms with Gasteiger partial charge in [0.25, 0.3) is 11.8 Å². The number of aryl methyl sites for hydroxylation is 2. The molecular weight excluding hydrogens is 412 g/mol. The largest absolute Gasteiger partial charge is 0.322 e. The van der Waals surface area contributed by atoms with Crippen LogP contribution in [0.3, 0.4) is 0 Å². The van der Waals surface area contributed by atoms with E-state index in [9.17, 15) is 9.59 Å². The zero-order valence-electron chi connectivity index (χ0n) is 15.3. The fraction of sp³-hybridized carbons (Fsp3) is 0.238. The summed E-state index contributed by atoms with van der Waals surface area (Å²) in [4.78, 5) is 29.4. The van der Waals surface area contributed by atoms with Crippen molar-refractivity contribution in [2.75, 3.05) is 16.8 Å². The van der Waals surface area contributed by atoms with Crippen molar-refractivity contribution in [2.24, 2.45) is 0 Å². The number of carbonyl (C=O) groups excluding carboxylic acids is 2. The Morgan fingerprint density at radius 2 is 1.93 bits per heavy atom. The molecule has 0 aliphatic carbocycles. The molecule has 2 amide bonds. The number of halogens is 1. The number of carbonyl (C=O) groups is 2. The fourth-order valence-electron chi connectivity index (χ4n) is 3.35. The zero-order chi connectivity index (χ0) is 19.7. The molecule has 2 aromatic heterocycles. The molecule has 1 aliphatic heterocycles. The number of nitrogens with zero attached hydrogens (tertiary/aromatic N) is 1. The highest BCUT2D eigenvalue weighted by Crippen LogP contribution is 2.37. The summed E-state index contributed by atoms with van der Waals surface area (Å²) >= 11 is 9.28. The average Bonchev–Trinajstić information content (AvgIpc) is 3.22. The van der Waals surface area contributed by atoms with Crippen LogP contribution in [0.25, 0.3) is 0 Å². The van der Waals surface area contributed by atoms with E-state index in [-0.39, 0.29) is 11.8 Å². The van der Waals surface area contributed by atoms with E-state index in [0.29, 0.717) is 27.7 Å². The number of anilines is 2. The van der Waals surface area contributed by atoms with Gasteiger partial charge < -0.3 is 10.2 Å². The van der Waals surface area contributed by atoms with E-state index in [4.69, 9.17) is 11.6 Å². The van der Waals surface area contributed by atoms with Gasteiger partial charge in [0.05, 0.1) is 15.6 Å². The second-order valence-corrected chi connectivity index (χ2v) is 9.58. The molecule has 1 aromatic carbocycles. The molecule has 3 aromatic rings. The van der Waals surface area contributed by atoms with Crippen molar-refractivity contribution >= 4 is 57.5 Å². The monoisotopic (exact) mass is 430 g/mol. The minimum Gasteiger partial charge on any atom is -0.322 e. The molecule has 0 unspecified atom stereocenters. The average molecular weight is 431 g/mol. The van der Waals surface area contributed by atoms with Crippen molar-refractivity contribution in [1.82, 2.24) is 0 Å². The Labute approximate surface area is 176 Å². The van der Waals surface area contributed by atoms with Crippen LogP contribution >= 0.6 is 34.3 Å². The first-order chi connectivity index (χ1) is 13.5. The second kappa shape index (κ2) is 8.07. The molecule has 1 aliphatic rings. The fourth-order valence-corrected chi connectivity index (χ4v) is 5.36. The number of thiophene rings is 2. The second-order valence-electron chi connectivity index (χ2n) is 6.69. The minimum atomic E-state index is -0.136. The highest BCUT2D eigenvalue weighted by atomic mass is 35.5. The summed E-state index contributed by atoms with van der Waals surface area (Å²) in [7, 11) is 0. The molecule has 0 fully saturated rings. The van der Waals surface area contributed by atoms with Gasteiger partial charge in [0.15, 0.2) is 0 Å². The SMILES string of the molecule is Cc1sccc1C(=O)Nc1ccc(C(=O)N2CCCCc3sc(Cl)cc32)cc1. The van der Waals surface area contributed by atoms with Crippen LogP contribution in [0.1, 0.15) is 43.3 Å². The Morgan fingerprint density at radius 1 is 1.14 bits per heavy atom. The number of hydrogen-bond acceptors (Lipinski definition) is 4. The Kier molecular flexibility index (Phi) is 5.53. The molecule has 7 heteroatoms. The molecule has 144 valence electrons. The highest BCUT2D eigenvalue weighted by Gasteiger charge is 2.24. The van der Waals surface area contributed by atoms with E-state index >= 15 is 0 Å². The van der Waals surface area contributed by atoms with Crippen molar-refractivity contribution in [2.45, 2.75) is 26.2 Å². The van der Waals surface area contributed by atoms with Crippen molar-refractivity contribution in [3.8, 4) is 0 Å². The van der Waals surface area contributed by atoms with Crippen molar-refractivity contribution in [3.05, 3.63) is 67.0 Å². The maximum Gasteiger partial charge on any atom is 0.258 e. The molecule has 4 nitrogen and oxygen atoms in total. The lowest BCUT2D eigenvalue weighted by Gasteiger charge is -2.21. The first-order valence-corrected chi connectivity index (χ1v) is 11.2. The van der Waals surface area contributed by atoms with Crippen LogP contribution in [0.5, 0.6) is 0 Å². The van der Waals surface area contributed by atoms with Crippen molar-refractivity contribution < 1.29 is 9.59 Å². The third kappa shape index (κ3) is 3.85. The predicted molar refractivity (Wildman–Crippen MR) is 117 cm³/mol. The van der Waals surface area contributed by atoms with Crippen molar-refractivity contribution in [1.29, 1.82) is 0 Å². The maximum atomic E-state index is 13.1. The van der Waals surface area contributed by atoms with Crippen LogP contribution < -0.4 is 10.2 Å². The topological polar surface area (TPSA) is 49.4 Å². The molecule has 0 spiro atoms. The molecule has 4 rings (SSSR count). The molecule has 3 heterocycles. The Bertz CT molecular complexity index is 1020.